The molecule has 1 N–H and O–H groups in total. The van der Waals surface area contributed by atoms with Crippen molar-refractivity contribution in [1.29, 1.82) is 0 Å². The normalized spacial score (nSPS) is 19.9. The number of ether oxygens (including phenoxy) is 1. The van der Waals surface area contributed by atoms with Crippen LogP contribution in [-0.4, -0.2) is 57.9 Å². The number of rotatable bonds is 4. The van der Waals surface area contributed by atoms with E-state index in [0.717, 1.165) is 35.4 Å². The van der Waals surface area contributed by atoms with E-state index in [1.807, 2.05) is 55.5 Å². The van der Waals surface area contributed by atoms with Gasteiger partial charge in [-0.15, -0.1) is 0 Å². The molecule has 2 heterocycles. The van der Waals surface area contributed by atoms with Crippen molar-refractivity contribution in [3.05, 3.63) is 59.9 Å². The minimum Gasteiger partial charge on any atom is -0.393 e. The SMILES string of the molecule is COC1(CO)CCCN(C(=O)c2ccc3c(c2)nc(C)n3-c2ccccc2)C1. The lowest BCUT2D eigenvalue weighted by molar-refractivity contribution is -0.0883. The Balaban J connectivity index is 1.66. The maximum absolute atomic E-state index is 13.1. The summed E-state index contributed by atoms with van der Waals surface area (Å²) >= 11 is 0. The molecular formula is C22H25N3O3. The first-order chi connectivity index (χ1) is 13.6. The molecule has 0 bridgehead atoms. The van der Waals surface area contributed by atoms with Crippen molar-refractivity contribution in [2.45, 2.75) is 25.4 Å². The summed E-state index contributed by atoms with van der Waals surface area (Å²) < 4.78 is 7.61. The maximum Gasteiger partial charge on any atom is 0.254 e. The summed E-state index contributed by atoms with van der Waals surface area (Å²) in [5, 5.41) is 9.72. The monoisotopic (exact) mass is 379 g/mol. The average Bonchev–Trinajstić information content (AvgIpc) is 3.08. The fourth-order valence-electron chi connectivity index (χ4n) is 4.05. The standard InChI is InChI=1S/C22H25N3O3/c1-16-23-19-13-17(9-10-20(19)25(16)18-7-4-3-5-8-18)21(27)24-12-6-11-22(14-24,15-26)28-2/h3-5,7-10,13,26H,6,11-12,14-15H2,1-2H3. The lowest BCUT2D eigenvalue weighted by Crippen LogP contribution is -2.53. The van der Waals surface area contributed by atoms with E-state index in [1.54, 1.807) is 12.0 Å². The summed E-state index contributed by atoms with van der Waals surface area (Å²) in [5.74, 6) is 0.825. The van der Waals surface area contributed by atoms with Crippen molar-refractivity contribution in [2.75, 3.05) is 26.8 Å². The number of piperidine rings is 1. The van der Waals surface area contributed by atoms with Crippen LogP contribution in [0.1, 0.15) is 29.0 Å². The molecule has 1 aliphatic heterocycles. The van der Waals surface area contributed by atoms with Crippen LogP contribution in [0.2, 0.25) is 0 Å². The Labute approximate surface area is 164 Å². The fourth-order valence-corrected chi connectivity index (χ4v) is 4.05. The molecule has 6 heteroatoms. The van der Waals surface area contributed by atoms with Crippen LogP contribution in [-0.2, 0) is 4.74 Å². The number of carbonyl (C=O) groups is 1. The number of likely N-dealkylation sites (tertiary alicyclic amines) is 1. The van der Waals surface area contributed by atoms with E-state index in [-0.39, 0.29) is 12.5 Å². The average molecular weight is 379 g/mol. The molecule has 1 atom stereocenters. The van der Waals surface area contributed by atoms with Gasteiger partial charge in [-0.3, -0.25) is 9.36 Å². The van der Waals surface area contributed by atoms with Gasteiger partial charge in [-0.25, -0.2) is 4.98 Å². The predicted molar refractivity (Wildman–Crippen MR) is 108 cm³/mol. The summed E-state index contributed by atoms with van der Waals surface area (Å²) in [5.41, 5.74) is 2.76. The molecule has 28 heavy (non-hydrogen) atoms. The highest BCUT2D eigenvalue weighted by atomic mass is 16.5. The highest BCUT2D eigenvalue weighted by molar-refractivity contribution is 5.97. The third-order valence-corrected chi connectivity index (χ3v) is 5.63. The second-order valence-corrected chi connectivity index (χ2v) is 7.41. The van der Waals surface area contributed by atoms with Gasteiger partial charge in [-0.05, 0) is 50.1 Å². The molecule has 3 aromatic rings. The van der Waals surface area contributed by atoms with Crippen LogP contribution < -0.4 is 0 Å². The van der Waals surface area contributed by atoms with Crippen LogP contribution in [0, 0.1) is 6.92 Å². The molecule has 6 nitrogen and oxygen atoms in total. The lowest BCUT2D eigenvalue weighted by atomic mass is 9.93. The van der Waals surface area contributed by atoms with Crippen molar-refractivity contribution in [3.8, 4) is 5.69 Å². The summed E-state index contributed by atoms with van der Waals surface area (Å²) in [7, 11) is 1.59. The summed E-state index contributed by atoms with van der Waals surface area (Å²) in [6, 6.07) is 15.7. The fraction of sp³-hybridized carbons (Fsp3) is 0.364. The van der Waals surface area contributed by atoms with Crippen molar-refractivity contribution in [1.82, 2.24) is 14.5 Å². The number of hydrogen-bond acceptors (Lipinski definition) is 4. The number of benzene rings is 2. The zero-order chi connectivity index (χ0) is 19.7. The number of aliphatic hydroxyl groups is 1. The largest absolute Gasteiger partial charge is 0.393 e. The number of para-hydroxylation sites is 1. The molecule has 4 rings (SSSR count). The minimum atomic E-state index is -0.663. The second-order valence-electron chi connectivity index (χ2n) is 7.41. The number of methoxy groups -OCH3 is 1. The molecule has 1 unspecified atom stereocenters. The number of hydrogen-bond donors (Lipinski definition) is 1. The Morgan fingerprint density at radius 1 is 1.25 bits per heavy atom. The van der Waals surface area contributed by atoms with Gasteiger partial charge in [0.1, 0.15) is 11.4 Å². The molecule has 1 saturated heterocycles. The molecular weight excluding hydrogens is 354 g/mol. The molecule has 0 spiro atoms. The van der Waals surface area contributed by atoms with Crippen molar-refractivity contribution in [2.24, 2.45) is 0 Å². The summed E-state index contributed by atoms with van der Waals surface area (Å²) in [6.45, 7) is 2.94. The van der Waals surface area contributed by atoms with Crippen LogP contribution in [0.3, 0.4) is 0 Å². The lowest BCUT2D eigenvalue weighted by Gasteiger charge is -2.40. The van der Waals surface area contributed by atoms with E-state index in [1.165, 1.54) is 0 Å². The molecule has 0 saturated carbocycles. The Bertz CT molecular complexity index is 993. The van der Waals surface area contributed by atoms with Gasteiger partial charge in [-0.2, -0.15) is 0 Å². The van der Waals surface area contributed by atoms with E-state index in [4.69, 9.17) is 4.74 Å². The van der Waals surface area contributed by atoms with Gasteiger partial charge in [0.05, 0.1) is 24.2 Å². The third kappa shape index (κ3) is 3.19. The van der Waals surface area contributed by atoms with E-state index in [9.17, 15) is 9.90 Å². The molecule has 1 aliphatic rings. The van der Waals surface area contributed by atoms with Crippen LogP contribution >= 0.6 is 0 Å². The third-order valence-electron chi connectivity index (χ3n) is 5.63. The molecule has 1 amide bonds. The van der Waals surface area contributed by atoms with Gasteiger partial charge in [0.2, 0.25) is 0 Å². The van der Waals surface area contributed by atoms with E-state index >= 15 is 0 Å². The zero-order valence-electron chi connectivity index (χ0n) is 16.3. The minimum absolute atomic E-state index is 0.0524. The first kappa shape index (κ1) is 18.7. The second kappa shape index (κ2) is 7.37. The molecule has 0 aliphatic carbocycles. The zero-order valence-corrected chi connectivity index (χ0v) is 16.3. The molecule has 0 radical (unpaired) electrons. The number of aliphatic hydroxyl groups excluding tert-OH is 1. The van der Waals surface area contributed by atoms with Crippen LogP contribution in [0.4, 0.5) is 0 Å². The summed E-state index contributed by atoms with van der Waals surface area (Å²) in [6.07, 6.45) is 1.56. The van der Waals surface area contributed by atoms with Gasteiger partial charge in [0, 0.05) is 24.9 Å². The van der Waals surface area contributed by atoms with Gasteiger partial charge in [-0.1, -0.05) is 18.2 Å². The Morgan fingerprint density at radius 3 is 2.75 bits per heavy atom. The molecule has 146 valence electrons. The highest BCUT2D eigenvalue weighted by Gasteiger charge is 2.37. The first-order valence-corrected chi connectivity index (χ1v) is 9.57. The highest BCUT2D eigenvalue weighted by Crippen LogP contribution is 2.27. The van der Waals surface area contributed by atoms with Gasteiger partial charge in [0.15, 0.2) is 0 Å². The quantitative estimate of drug-likeness (QED) is 0.757. The number of aromatic nitrogens is 2. The molecule has 1 aromatic heterocycles. The van der Waals surface area contributed by atoms with Crippen molar-refractivity contribution < 1.29 is 14.6 Å². The Hall–Kier alpha value is -2.70. The Kier molecular flexibility index (Phi) is 4.91. The topological polar surface area (TPSA) is 67.6 Å². The van der Waals surface area contributed by atoms with E-state index < -0.39 is 5.60 Å². The van der Waals surface area contributed by atoms with Gasteiger partial charge in [0.25, 0.3) is 5.91 Å². The van der Waals surface area contributed by atoms with E-state index in [0.29, 0.717) is 18.7 Å². The number of carbonyl (C=O) groups excluding carboxylic acids is 1. The number of amides is 1. The van der Waals surface area contributed by atoms with Crippen molar-refractivity contribution >= 4 is 16.9 Å². The van der Waals surface area contributed by atoms with E-state index in [2.05, 4.69) is 9.55 Å². The first-order valence-electron chi connectivity index (χ1n) is 9.57. The van der Waals surface area contributed by atoms with Crippen LogP contribution in [0.25, 0.3) is 16.7 Å². The van der Waals surface area contributed by atoms with Crippen LogP contribution in [0.5, 0.6) is 0 Å². The van der Waals surface area contributed by atoms with Crippen LogP contribution in [0.15, 0.2) is 48.5 Å². The maximum atomic E-state index is 13.1. The predicted octanol–water partition coefficient (Wildman–Crippen LogP) is 2.95. The summed E-state index contributed by atoms with van der Waals surface area (Å²) in [4.78, 5) is 19.5. The number of fused-ring (bicyclic) bond motifs is 1. The van der Waals surface area contributed by atoms with Gasteiger partial charge >= 0.3 is 0 Å². The number of nitrogens with zero attached hydrogens (tertiary/aromatic N) is 3. The number of imidazole rings is 1. The molecule has 1 fully saturated rings. The molecule has 2 aromatic carbocycles. The smallest absolute Gasteiger partial charge is 0.254 e. The Morgan fingerprint density at radius 2 is 2.04 bits per heavy atom. The number of aryl methyl sites for hydroxylation is 1. The van der Waals surface area contributed by atoms with Crippen molar-refractivity contribution in [3.63, 3.8) is 0 Å². The van der Waals surface area contributed by atoms with Gasteiger partial charge < -0.3 is 14.7 Å².